The molecule has 0 saturated carbocycles. The van der Waals surface area contributed by atoms with Crippen molar-refractivity contribution >= 4 is 11.8 Å². The zero-order valence-corrected chi connectivity index (χ0v) is 14.5. The first-order valence-electron chi connectivity index (χ1n) is 7.88. The number of aryl methyl sites for hydroxylation is 3. The fraction of sp³-hybridized carbons (Fsp3) is 0.150. The van der Waals surface area contributed by atoms with Gasteiger partial charge in [-0.05, 0) is 45.0 Å². The first kappa shape index (κ1) is 16.5. The minimum absolute atomic E-state index is 0.242. The van der Waals surface area contributed by atoms with Gasteiger partial charge in [0.05, 0.1) is 17.0 Å². The SMILES string of the molecule is Cc1cc(C)cc(-c2nc(N)nc(C)c2C#Cc2ccc(N)nc2)c1. The first-order valence-corrected chi connectivity index (χ1v) is 7.88. The van der Waals surface area contributed by atoms with E-state index in [2.05, 4.69) is 58.8 Å². The first-order chi connectivity index (χ1) is 11.9. The minimum Gasteiger partial charge on any atom is -0.384 e. The number of aromatic nitrogens is 3. The lowest BCUT2D eigenvalue weighted by atomic mass is 10.0. The highest BCUT2D eigenvalue weighted by molar-refractivity contribution is 5.71. The van der Waals surface area contributed by atoms with Crippen LogP contribution in [-0.2, 0) is 0 Å². The third-order valence-corrected chi connectivity index (χ3v) is 3.72. The minimum atomic E-state index is 0.242. The number of benzene rings is 1. The molecule has 0 radical (unpaired) electrons. The molecule has 0 fully saturated rings. The fourth-order valence-electron chi connectivity index (χ4n) is 2.68. The van der Waals surface area contributed by atoms with Gasteiger partial charge in [0.25, 0.3) is 0 Å². The van der Waals surface area contributed by atoms with Crippen molar-refractivity contribution in [3.8, 4) is 23.1 Å². The van der Waals surface area contributed by atoms with Gasteiger partial charge in [-0.3, -0.25) is 0 Å². The lowest BCUT2D eigenvalue weighted by molar-refractivity contribution is 1.11. The number of hydrogen-bond acceptors (Lipinski definition) is 5. The van der Waals surface area contributed by atoms with E-state index in [1.807, 2.05) is 13.0 Å². The van der Waals surface area contributed by atoms with Crippen LogP contribution in [0.4, 0.5) is 11.8 Å². The molecule has 124 valence electrons. The molecule has 25 heavy (non-hydrogen) atoms. The maximum absolute atomic E-state index is 5.87. The van der Waals surface area contributed by atoms with Gasteiger partial charge < -0.3 is 11.5 Å². The van der Waals surface area contributed by atoms with Crippen molar-refractivity contribution in [3.63, 3.8) is 0 Å². The van der Waals surface area contributed by atoms with Crippen LogP contribution in [0.1, 0.15) is 27.9 Å². The number of pyridine rings is 1. The molecular weight excluding hydrogens is 310 g/mol. The summed E-state index contributed by atoms with van der Waals surface area (Å²) < 4.78 is 0. The van der Waals surface area contributed by atoms with Crippen LogP contribution in [0.15, 0.2) is 36.5 Å². The van der Waals surface area contributed by atoms with Gasteiger partial charge in [-0.2, -0.15) is 0 Å². The van der Waals surface area contributed by atoms with Crippen LogP contribution in [0.5, 0.6) is 0 Å². The number of nitrogens with two attached hydrogens (primary N) is 2. The molecule has 0 aliphatic carbocycles. The summed E-state index contributed by atoms with van der Waals surface area (Å²) in [6.45, 7) is 5.99. The molecule has 0 aliphatic heterocycles. The van der Waals surface area contributed by atoms with E-state index >= 15 is 0 Å². The van der Waals surface area contributed by atoms with Crippen molar-refractivity contribution in [2.75, 3.05) is 11.5 Å². The van der Waals surface area contributed by atoms with Crippen molar-refractivity contribution < 1.29 is 0 Å². The van der Waals surface area contributed by atoms with Crippen LogP contribution in [0, 0.1) is 32.6 Å². The molecule has 0 spiro atoms. The molecule has 0 saturated heterocycles. The number of nitrogen functional groups attached to an aromatic ring is 2. The molecule has 0 amide bonds. The van der Waals surface area contributed by atoms with Gasteiger partial charge >= 0.3 is 0 Å². The monoisotopic (exact) mass is 329 g/mol. The normalized spacial score (nSPS) is 10.2. The topological polar surface area (TPSA) is 90.7 Å². The van der Waals surface area contributed by atoms with E-state index in [4.69, 9.17) is 11.5 Å². The second kappa shape index (κ2) is 6.62. The van der Waals surface area contributed by atoms with E-state index in [0.717, 1.165) is 39.2 Å². The van der Waals surface area contributed by atoms with Crippen molar-refractivity contribution in [1.29, 1.82) is 0 Å². The molecule has 4 N–H and O–H groups in total. The Kier molecular flexibility index (Phi) is 4.36. The van der Waals surface area contributed by atoms with Crippen LogP contribution in [-0.4, -0.2) is 15.0 Å². The van der Waals surface area contributed by atoms with E-state index in [0.29, 0.717) is 5.82 Å². The Labute approximate surface area is 147 Å². The quantitative estimate of drug-likeness (QED) is 0.670. The molecule has 3 aromatic rings. The predicted octanol–water partition coefficient (Wildman–Crippen LogP) is 3.03. The van der Waals surface area contributed by atoms with Crippen LogP contribution in [0.25, 0.3) is 11.3 Å². The summed E-state index contributed by atoms with van der Waals surface area (Å²) in [4.78, 5) is 12.8. The van der Waals surface area contributed by atoms with Crippen LogP contribution in [0.2, 0.25) is 0 Å². The zero-order chi connectivity index (χ0) is 18.0. The Morgan fingerprint density at radius 2 is 1.60 bits per heavy atom. The Bertz CT molecular complexity index is 975. The van der Waals surface area contributed by atoms with Gasteiger partial charge in [-0.25, -0.2) is 15.0 Å². The number of hydrogen-bond donors (Lipinski definition) is 2. The fourth-order valence-corrected chi connectivity index (χ4v) is 2.68. The van der Waals surface area contributed by atoms with Crippen molar-refractivity contribution in [2.45, 2.75) is 20.8 Å². The van der Waals surface area contributed by atoms with Crippen LogP contribution >= 0.6 is 0 Å². The summed E-state index contributed by atoms with van der Waals surface area (Å²) in [7, 11) is 0. The Morgan fingerprint density at radius 3 is 2.24 bits per heavy atom. The largest absolute Gasteiger partial charge is 0.384 e. The van der Waals surface area contributed by atoms with Crippen molar-refractivity contribution in [1.82, 2.24) is 15.0 Å². The summed E-state index contributed by atoms with van der Waals surface area (Å²) >= 11 is 0. The van der Waals surface area contributed by atoms with Gasteiger partial charge in [0.1, 0.15) is 5.82 Å². The van der Waals surface area contributed by atoms with E-state index in [-0.39, 0.29) is 5.95 Å². The average molecular weight is 329 g/mol. The molecule has 1 aromatic carbocycles. The lowest BCUT2D eigenvalue weighted by Gasteiger charge is -2.09. The summed E-state index contributed by atoms with van der Waals surface area (Å²) in [6, 6.07) is 9.82. The van der Waals surface area contributed by atoms with Gasteiger partial charge in [-0.15, -0.1) is 0 Å². The average Bonchev–Trinajstić information content (AvgIpc) is 2.54. The van der Waals surface area contributed by atoms with Crippen molar-refractivity contribution in [3.05, 3.63) is 64.5 Å². The summed E-state index contributed by atoms with van der Waals surface area (Å²) in [5.74, 6) is 6.98. The van der Waals surface area contributed by atoms with E-state index in [1.54, 1.807) is 12.3 Å². The standard InChI is InChI=1S/C20H19N5/c1-12-8-13(2)10-16(9-12)19-17(14(3)24-20(22)25-19)6-4-15-5-7-18(21)23-11-15/h5,7-11H,1-3H3,(H2,21,23)(H2,22,24,25). The number of nitrogens with zero attached hydrogens (tertiary/aromatic N) is 3. The molecule has 2 aromatic heterocycles. The molecule has 2 heterocycles. The summed E-state index contributed by atoms with van der Waals surface area (Å²) in [5.41, 5.74) is 17.8. The molecule has 0 bridgehead atoms. The second-order valence-corrected chi connectivity index (χ2v) is 5.99. The predicted molar refractivity (Wildman–Crippen MR) is 101 cm³/mol. The highest BCUT2D eigenvalue weighted by atomic mass is 15.0. The van der Waals surface area contributed by atoms with E-state index < -0.39 is 0 Å². The molecular formula is C20H19N5. The maximum Gasteiger partial charge on any atom is 0.220 e. The highest BCUT2D eigenvalue weighted by Crippen LogP contribution is 2.26. The van der Waals surface area contributed by atoms with Gasteiger partial charge in [-0.1, -0.05) is 29.0 Å². The van der Waals surface area contributed by atoms with Crippen molar-refractivity contribution in [2.24, 2.45) is 0 Å². The number of rotatable bonds is 1. The molecule has 0 aliphatic rings. The van der Waals surface area contributed by atoms with Gasteiger partial charge in [0, 0.05) is 17.3 Å². The highest BCUT2D eigenvalue weighted by Gasteiger charge is 2.12. The second-order valence-electron chi connectivity index (χ2n) is 5.99. The maximum atomic E-state index is 5.87. The molecule has 5 heteroatoms. The lowest BCUT2D eigenvalue weighted by Crippen LogP contribution is -2.03. The summed E-state index contributed by atoms with van der Waals surface area (Å²) in [5, 5.41) is 0. The Morgan fingerprint density at radius 1 is 0.880 bits per heavy atom. The third kappa shape index (κ3) is 3.75. The third-order valence-electron chi connectivity index (χ3n) is 3.72. The Hall–Kier alpha value is -3.39. The molecule has 3 rings (SSSR count). The smallest absolute Gasteiger partial charge is 0.220 e. The van der Waals surface area contributed by atoms with Crippen LogP contribution in [0.3, 0.4) is 0 Å². The van der Waals surface area contributed by atoms with Gasteiger partial charge in [0.15, 0.2) is 0 Å². The van der Waals surface area contributed by atoms with Crippen LogP contribution < -0.4 is 11.5 Å². The zero-order valence-electron chi connectivity index (χ0n) is 14.5. The molecule has 0 unspecified atom stereocenters. The number of anilines is 2. The Balaban J connectivity index is 2.15. The summed E-state index contributed by atoms with van der Waals surface area (Å²) in [6.07, 6.45) is 1.65. The van der Waals surface area contributed by atoms with E-state index in [1.165, 1.54) is 0 Å². The van der Waals surface area contributed by atoms with Gasteiger partial charge in [0.2, 0.25) is 5.95 Å². The van der Waals surface area contributed by atoms with E-state index in [9.17, 15) is 0 Å². The molecule has 0 atom stereocenters. The molecule has 5 nitrogen and oxygen atoms in total.